The molecule has 0 radical (unpaired) electrons. The van der Waals surface area contributed by atoms with Crippen molar-refractivity contribution in [2.24, 2.45) is 0 Å². The van der Waals surface area contributed by atoms with E-state index in [0.717, 1.165) is 6.42 Å². The average molecular weight is 288 g/mol. The van der Waals surface area contributed by atoms with Crippen LogP contribution >= 0.6 is 0 Å². The van der Waals surface area contributed by atoms with Gasteiger partial charge < -0.3 is 5.32 Å². The minimum Gasteiger partial charge on any atom is -0.311 e. The lowest BCUT2D eigenvalue weighted by molar-refractivity contribution is 0.0647. The first-order chi connectivity index (χ1) is 10.2. The minimum atomic E-state index is 0.248. The van der Waals surface area contributed by atoms with Crippen molar-refractivity contribution in [2.45, 2.75) is 64.5 Å². The fourth-order valence-electron chi connectivity index (χ4n) is 4.19. The number of likely N-dealkylation sites (N-methyl/N-ethyl adjacent to an activating group) is 1. The Balaban J connectivity index is 2.38. The number of hydrogen-bond acceptors (Lipinski definition) is 2. The van der Waals surface area contributed by atoms with Crippen LogP contribution < -0.4 is 5.32 Å². The molecule has 0 aromatic heterocycles. The molecular weight excluding hydrogens is 256 g/mol. The summed E-state index contributed by atoms with van der Waals surface area (Å²) in [5.41, 5.74) is 3.14. The third kappa shape index (κ3) is 3.17. The van der Waals surface area contributed by atoms with E-state index in [1.165, 1.54) is 49.9 Å². The van der Waals surface area contributed by atoms with E-state index < -0.39 is 0 Å². The second-order valence-electron chi connectivity index (χ2n) is 6.33. The number of likely N-dealkylation sites (tertiary alicyclic amines) is 1. The Kier molecular flexibility index (Phi) is 5.83. The zero-order valence-corrected chi connectivity index (χ0v) is 14.3. The molecule has 21 heavy (non-hydrogen) atoms. The maximum Gasteiger partial charge on any atom is 0.0504 e. The van der Waals surface area contributed by atoms with E-state index in [2.05, 4.69) is 62.3 Å². The van der Waals surface area contributed by atoms with E-state index >= 15 is 0 Å². The Morgan fingerprint density at radius 2 is 1.81 bits per heavy atom. The van der Waals surface area contributed by atoms with Gasteiger partial charge in [-0.05, 0) is 63.4 Å². The lowest BCUT2D eigenvalue weighted by Crippen LogP contribution is -2.54. The molecule has 0 saturated carbocycles. The Labute approximate surface area is 130 Å². The SMILES string of the molecule is CCc1cccc(C(NC)C(CC)(CC)N2CCCC2)c1. The van der Waals surface area contributed by atoms with Crippen LogP contribution in [0.5, 0.6) is 0 Å². The Morgan fingerprint density at radius 1 is 1.14 bits per heavy atom. The lowest BCUT2D eigenvalue weighted by Gasteiger charge is -2.47. The van der Waals surface area contributed by atoms with Crippen molar-refractivity contribution in [3.8, 4) is 0 Å². The van der Waals surface area contributed by atoms with Gasteiger partial charge in [0, 0.05) is 5.54 Å². The van der Waals surface area contributed by atoms with Crippen LogP contribution in [0.1, 0.15) is 63.6 Å². The van der Waals surface area contributed by atoms with Crippen LogP contribution in [0.15, 0.2) is 24.3 Å². The predicted molar refractivity (Wildman–Crippen MR) is 91.7 cm³/mol. The Hall–Kier alpha value is -0.860. The first-order valence-electron chi connectivity index (χ1n) is 8.73. The Morgan fingerprint density at radius 3 is 2.33 bits per heavy atom. The molecule has 1 aliphatic heterocycles. The molecule has 0 aliphatic carbocycles. The molecule has 1 fully saturated rings. The van der Waals surface area contributed by atoms with E-state index in [-0.39, 0.29) is 5.54 Å². The summed E-state index contributed by atoms with van der Waals surface area (Å²) < 4.78 is 0. The molecule has 1 aromatic rings. The van der Waals surface area contributed by atoms with Crippen LogP contribution in [-0.4, -0.2) is 30.6 Å². The standard InChI is InChI=1S/C19H32N2/c1-5-16-11-10-12-17(15-16)18(20-4)19(6-2,7-3)21-13-8-9-14-21/h10-12,15,18,20H,5-9,13-14H2,1-4H3. The van der Waals surface area contributed by atoms with E-state index in [0.29, 0.717) is 6.04 Å². The molecule has 1 aliphatic rings. The molecule has 1 aromatic carbocycles. The predicted octanol–water partition coefficient (Wildman–Crippen LogP) is 4.16. The summed E-state index contributed by atoms with van der Waals surface area (Å²) >= 11 is 0. The summed E-state index contributed by atoms with van der Waals surface area (Å²) in [6.07, 6.45) is 6.22. The second kappa shape index (κ2) is 7.42. The molecule has 1 saturated heterocycles. The van der Waals surface area contributed by atoms with Crippen molar-refractivity contribution in [1.82, 2.24) is 10.2 Å². The van der Waals surface area contributed by atoms with Gasteiger partial charge in [0.2, 0.25) is 0 Å². The third-order valence-electron chi connectivity index (χ3n) is 5.48. The van der Waals surface area contributed by atoms with Gasteiger partial charge in [-0.1, -0.05) is 45.0 Å². The summed E-state index contributed by atoms with van der Waals surface area (Å²) in [6, 6.07) is 9.58. The molecule has 1 heterocycles. The van der Waals surface area contributed by atoms with E-state index in [1.807, 2.05) is 0 Å². The maximum absolute atomic E-state index is 3.65. The highest BCUT2D eigenvalue weighted by Crippen LogP contribution is 2.39. The van der Waals surface area contributed by atoms with Crippen molar-refractivity contribution < 1.29 is 0 Å². The topological polar surface area (TPSA) is 15.3 Å². The van der Waals surface area contributed by atoms with E-state index in [4.69, 9.17) is 0 Å². The number of aryl methyl sites for hydroxylation is 1. The van der Waals surface area contributed by atoms with Gasteiger partial charge in [0.15, 0.2) is 0 Å². The molecule has 118 valence electrons. The van der Waals surface area contributed by atoms with Crippen LogP contribution in [0.2, 0.25) is 0 Å². The number of benzene rings is 1. The first kappa shape index (κ1) is 16.5. The van der Waals surface area contributed by atoms with Crippen LogP contribution in [0.25, 0.3) is 0 Å². The van der Waals surface area contributed by atoms with Crippen molar-refractivity contribution in [2.75, 3.05) is 20.1 Å². The molecule has 0 bridgehead atoms. The normalized spacial score (nSPS) is 18.1. The molecule has 1 unspecified atom stereocenters. The zero-order chi connectivity index (χ0) is 15.3. The van der Waals surface area contributed by atoms with Crippen molar-refractivity contribution in [3.63, 3.8) is 0 Å². The zero-order valence-electron chi connectivity index (χ0n) is 14.3. The third-order valence-corrected chi connectivity index (χ3v) is 5.48. The van der Waals surface area contributed by atoms with Crippen molar-refractivity contribution in [3.05, 3.63) is 35.4 Å². The number of nitrogens with zero attached hydrogens (tertiary/aromatic N) is 1. The number of rotatable bonds is 7. The van der Waals surface area contributed by atoms with Crippen LogP contribution in [0, 0.1) is 0 Å². The summed E-state index contributed by atoms with van der Waals surface area (Å²) in [5.74, 6) is 0. The Bertz CT molecular complexity index is 431. The fourth-order valence-corrected chi connectivity index (χ4v) is 4.19. The highest BCUT2D eigenvalue weighted by atomic mass is 15.2. The molecule has 2 nitrogen and oxygen atoms in total. The molecule has 0 spiro atoms. The molecule has 2 rings (SSSR count). The van der Waals surface area contributed by atoms with Gasteiger partial charge >= 0.3 is 0 Å². The fraction of sp³-hybridized carbons (Fsp3) is 0.684. The minimum absolute atomic E-state index is 0.248. The van der Waals surface area contributed by atoms with Gasteiger partial charge in [-0.15, -0.1) is 0 Å². The maximum atomic E-state index is 3.65. The van der Waals surface area contributed by atoms with Crippen LogP contribution in [0.4, 0.5) is 0 Å². The summed E-state index contributed by atoms with van der Waals surface area (Å²) in [6.45, 7) is 9.47. The van der Waals surface area contributed by atoms with Crippen LogP contribution in [-0.2, 0) is 6.42 Å². The molecule has 0 amide bonds. The summed E-state index contributed by atoms with van der Waals surface area (Å²) in [4.78, 5) is 2.74. The van der Waals surface area contributed by atoms with Crippen LogP contribution in [0.3, 0.4) is 0 Å². The monoisotopic (exact) mass is 288 g/mol. The van der Waals surface area contributed by atoms with Crippen molar-refractivity contribution >= 4 is 0 Å². The smallest absolute Gasteiger partial charge is 0.0504 e. The van der Waals surface area contributed by atoms with Crippen molar-refractivity contribution in [1.29, 1.82) is 0 Å². The van der Waals surface area contributed by atoms with E-state index in [9.17, 15) is 0 Å². The number of hydrogen-bond donors (Lipinski definition) is 1. The molecule has 1 atom stereocenters. The lowest BCUT2D eigenvalue weighted by atomic mass is 9.79. The highest BCUT2D eigenvalue weighted by molar-refractivity contribution is 5.29. The molecule has 1 N–H and O–H groups in total. The van der Waals surface area contributed by atoms with Gasteiger partial charge in [-0.3, -0.25) is 4.90 Å². The van der Waals surface area contributed by atoms with Gasteiger partial charge in [-0.2, -0.15) is 0 Å². The molecule has 2 heteroatoms. The van der Waals surface area contributed by atoms with Gasteiger partial charge in [-0.25, -0.2) is 0 Å². The van der Waals surface area contributed by atoms with Gasteiger partial charge in [0.05, 0.1) is 6.04 Å². The second-order valence-corrected chi connectivity index (χ2v) is 6.33. The number of nitrogens with one attached hydrogen (secondary N) is 1. The molecular formula is C19H32N2. The van der Waals surface area contributed by atoms with Gasteiger partial charge in [0.1, 0.15) is 0 Å². The highest BCUT2D eigenvalue weighted by Gasteiger charge is 2.42. The quantitative estimate of drug-likeness (QED) is 0.810. The van der Waals surface area contributed by atoms with E-state index in [1.54, 1.807) is 0 Å². The first-order valence-corrected chi connectivity index (χ1v) is 8.73. The summed E-state index contributed by atoms with van der Waals surface area (Å²) in [7, 11) is 2.12. The summed E-state index contributed by atoms with van der Waals surface area (Å²) in [5, 5.41) is 3.65. The van der Waals surface area contributed by atoms with Gasteiger partial charge in [0.25, 0.3) is 0 Å². The average Bonchev–Trinajstić information content (AvgIpc) is 3.07. The largest absolute Gasteiger partial charge is 0.311 e.